The van der Waals surface area contributed by atoms with Crippen LogP contribution in [0.25, 0.3) is 5.78 Å². The van der Waals surface area contributed by atoms with E-state index < -0.39 is 0 Å². The van der Waals surface area contributed by atoms with E-state index in [2.05, 4.69) is 15.1 Å². The number of Topliss-reactive ketones (excluding diaryl/α,β-unsaturated/α-hetero) is 1. The predicted octanol–water partition coefficient (Wildman–Crippen LogP) is 2.78. The van der Waals surface area contributed by atoms with Gasteiger partial charge in [-0.05, 0) is 31.4 Å². The number of fused-ring (bicyclic) bond motifs is 1. The standard InChI is InChI=1S/C13H12N4OS2/c1-8-6-12(17-13(14-8)15-9(2)16-17)20-7-10(18)11-4-3-5-19-11/h3-6H,7H2,1-2H3. The quantitative estimate of drug-likeness (QED) is 0.421. The lowest BCUT2D eigenvalue weighted by Crippen LogP contribution is -2.03. The minimum atomic E-state index is 0.129. The number of thioether (sulfide) groups is 1. The molecular formula is C13H12N4OS2. The molecule has 0 aromatic carbocycles. The van der Waals surface area contributed by atoms with Crippen molar-refractivity contribution in [3.63, 3.8) is 0 Å². The number of rotatable bonds is 4. The first-order chi connectivity index (χ1) is 9.63. The molecule has 0 unspecified atom stereocenters. The number of carbonyl (C=O) groups excluding carboxylic acids is 1. The lowest BCUT2D eigenvalue weighted by molar-refractivity contribution is 0.102. The maximum Gasteiger partial charge on any atom is 0.253 e. The molecule has 0 aliphatic heterocycles. The van der Waals surface area contributed by atoms with E-state index in [4.69, 9.17) is 0 Å². The van der Waals surface area contributed by atoms with Crippen LogP contribution in [-0.2, 0) is 0 Å². The molecule has 7 heteroatoms. The molecule has 3 heterocycles. The number of carbonyl (C=O) groups is 1. The van der Waals surface area contributed by atoms with Crippen molar-refractivity contribution < 1.29 is 4.79 Å². The summed E-state index contributed by atoms with van der Waals surface area (Å²) < 4.78 is 1.69. The van der Waals surface area contributed by atoms with Crippen molar-refractivity contribution in [2.75, 3.05) is 5.75 Å². The molecule has 3 aromatic rings. The SMILES string of the molecule is Cc1cc(SCC(=O)c2cccs2)n2nc(C)nc2n1. The van der Waals surface area contributed by atoms with Gasteiger partial charge in [-0.1, -0.05) is 17.8 Å². The maximum absolute atomic E-state index is 12.0. The molecule has 0 radical (unpaired) electrons. The van der Waals surface area contributed by atoms with Crippen LogP contribution in [0.4, 0.5) is 0 Å². The Kier molecular flexibility index (Phi) is 3.54. The number of hydrogen-bond acceptors (Lipinski definition) is 6. The molecular weight excluding hydrogens is 292 g/mol. The highest BCUT2D eigenvalue weighted by Gasteiger charge is 2.12. The van der Waals surface area contributed by atoms with E-state index in [9.17, 15) is 4.79 Å². The Hall–Kier alpha value is -1.73. The topological polar surface area (TPSA) is 60.2 Å². The fraction of sp³-hybridized carbons (Fsp3) is 0.231. The van der Waals surface area contributed by atoms with Gasteiger partial charge in [0.25, 0.3) is 5.78 Å². The Bertz CT molecular complexity index is 764. The average molecular weight is 304 g/mol. The van der Waals surface area contributed by atoms with Gasteiger partial charge in [-0.2, -0.15) is 9.50 Å². The Balaban J connectivity index is 1.85. The van der Waals surface area contributed by atoms with Crippen LogP contribution in [0.5, 0.6) is 0 Å². The smallest absolute Gasteiger partial charge is 0.253 e. The number of ketones is 1. The first-order valence-electron chi connectivity index (χ1n) is 6.04. The fourth-order valence-corrected chi connectivity index (χ4v) is 3.49. The molecule has 0 saturated carbocycles. The highest BCUT2D eigenvalue weighted by molar-refractivity contribution is 8.00. The van der Waals surface area contributed by atoms with Crippen LogP contribution in [-0.4, -0.2) is 31.1 Å². The lowest BCUT2D eigenvalue weighted by Gasteiger charge is -2.03. The van der Waals surface area contributed by atoms with E-state index in [0.29, 0.717) is 17.4 Å². The van der Waals surface area contributed by atoms with Gasteiger partial charge in [0.2, 0.25) is 0 Å². The van der Waals surface area contributed by atoms with Crippen molar-refractivity contribution in [2.24, 2.45) is 0 Å². The normalized spacial score (nSPS) is 11.1. The highest BCUT2D eigenvalue weighted by Crippen LogP contribution is 2.21. The Morgan fingerprint density at radius 3 is 3.00 bits per heavy atom. The molecule has 0 N–H and O–H groups in total. The molecule has 0 spiro atoms. The van der Waals surface area contributed by atoms with Crippen LogP contribution >= 0.6 is 23.1 Å². The van der Waals surface area contributed by atoms with E-state index >= 15 is 0 Å². The first-order valence-corrected chi connectivity index (χ1v) is 7.90. The lowest BCUT2D eigenvalue weighted by atomic mass is 10.4. The van der Waals surface area contributed by atoms with Gasteiger partial charge >= 0.3 is 0 Å². The van der Waals surface area contributed by atoms with Crippen molar-refractivity contribution in [3.8, 4) is 0 Å². The van der Waals surface area contributed by atoms with E-state index in [1.54, 1.807) is 4.52 Å². The number of aromatic nitrogens is 4. The number of nitrogens with zero attached hydrogens (tertiary/aromatic N) is 4. The van der Waals surface area contributed by atoms with Gasteiger partial charge in [-0.25, -0.2) is 4.98 Å². The van der Waals surface area contributed by atoms with E-state index in [-0.39, 0.29) is 5.78 Å². The van der Waals surface area contributed by atoms with Gasteiger partial charge in [0.15, 0.2) is 5.78 Å². The molecule has 5 nitrogen and oxygen atoms in total. The number of hydrogen-bond donors (Lipinski definition) is 0. The van der Waals surface area contributed by atoms with E-state index in [1.165, 1.54) is 23.1 Å². The summed E-state index contributed by atoms with van der Waals surface area (Å²) in [7, 11) is 0. The summed E-state index contributed by atoms with van der Waals surface area (Å²) in [4.78, 5) is 21.4. The maximum atomic E-state index is 12.0. The molecule has 0 aliphatic rings. The van der Waals surface area contributed by atoms with E-state index in [0.717, 1.165) is 15.6 Å². The summed E-state index contributed by atoms with van der Waals surface area (Å²) in [5.74, 6) is 1.77. The van der Waals surface area contributed by atoms with Crippen molar-refractivity contribution >= 4 is 34.7 Å². The van der Waals surface area contributed by atoms with Gasteiger partial charge in [-0.3, -0.25) is 4.79 Å². The highest BCUT2D eigenvalue weighted by atomic mass is 32.2. The van der Waals surface area contributed by atoms with Crippen molar-refractivity contribution in [3.05, 3.63) is 40.0 Å². The second-order valence-electron chi connectivity index (χ2n) is 4.30. The molecule has 0 aliphatic carbocycles. The molecule has 20 heavy (non-hydrogen) atoms. The molecule has 0 bridgehead atoms. The average Bonchev–Trinajstić information content (AvgIpc) is 3.03. The minimum Gasteiger partial charge on any atom is -0.292 e. The van der Waals surface area contributed by atoms with E-state index in [1.807, 2.05) is 37.4 Å². The molecule has 3 aromatic heterocycles. The zero-order valence-corrected chi connectivity index (χ0v) is 12.7. The van der Waals surface area contributed by atoms with Crippen molar-refractivity contribution in [1.29, 1.82) is 0 Å². The Labute approximate surface area is 124 Å². The molecule has 0 fully saturated rings. The predicted molar refractivity (Wildman–Crippen MR) is 79.6 cm³/mol. The third-order valence-electron chi connectivity index (χ3n) is 2.66. The monoisotopic (exact) mass is 304 g/mol. The summed E-state index contributed by atoms with van der Waals surface area (Å²) in [6.45, 7) is 3.74. The van der Waals surface area contributed by atoms with Crippen LogP contribution in [0.15, 0.2) is 28.6 Å². The summed E-state index contributed by atoms with van der Waals surface area (Å²) in [5.41, 5.74) is 0.871. The van der Waals surface area contributed by atoms with Gasteiger partial charge < -0.3 is 0 Å². The molecule has 0 atom stereocenters. The summed E-state index contributed by atoms with van der Waals surface area (Å²) >= 11 is 2.93. The van der Waals surface area contributed by atoms with Crippen LogP contribution in [0.3, 0.4) is 0 Å². The van der Waals surface area contributed by atoms with Crippen LogP contribution in [0.2, 0.25) is 0 Å². The summed E-state index contributed by atoms with van der Waals surface area (Å²) in [6.07, 6.45) is 0. The Morgan fingerprint density at radius 1 is 1.40 bits per heavy atom. The number of thiophene rings is 1. The zero-order valence-electron chi connectivity index (χ0n) is 11.0. The van der Waals surface area contributed by atoms with Gasteiger partial charge in [0.1, 0.15) is 10.9 Å². The first kappa shape index (κ1) is 13.3. The number of aryl methyl sites for hydroxylation is 2. The van der Waals surface area contributed by atoms with Gasteiger partial charge in [-0.15, -0.1) is 16.4 Å². The minimum absolute atomic E-state index is 0.129. The fourth-order valence-electron chi connectivity index (χ4n) is 1.80. The van der Waals surface area contributed by atoms with Gasteiger partial charge in [0.05, 0.1) is 10.6 Å². The molecule has 0 saturated heterocycles. The molecule has 0 amide bonds. The summed E-state index contributed by atoms with van der Waals surface area (Å²) in [6, 6.07) is 5.66. The third-order valence-corrected chi connectivity index (χ3v) is 4.56. The largest absolute Gasteiger partial charge is 0.292 e. The van der Waals surface area contributed by atoms with Crippen LogP contribution < -0.4 is 0 Å². The van der Waals surface area contributed by atoms with Crippen molar-refractivity contribution in [1.82, 2.24) is 19.6 Å². The third kappa shape index (κ3) is 2.59. The Morgan fingerprint density at radius 2 is 2.25 bits per heavy atom. The second kappa shape index (κ2) is 5.34. The van der Waals surface area contributed by atoms with Gasteiger partial charge in [0, 0.05) is 5.69 Å². The summed E-state index contributed by atoms with van der Waals surface area (Å²) in [5, 5.41) is 7.11. The molecule has 102 valence electrons. The zero-order chi connectivity index (χ0) is 14.1. The van der Waals surface area contributed by atoms with Crippen molar-refractivity contribution in [2.45, 2.75) is 18.9 Å². The molecule has 3 rings (SSSR count). The van der Waals surface area contributed by atoms with Crippen LogP contribution in [0, 0.1) is 13.8 Å². The second-order valence-corrected chi connectivity index (χ2v) is 6.24. The van der Waals surface area contributed by atoms with Crippen LogP contribution in [0.1, 0.15) is 21.2 Å².